The number of ether oxygens (including phenoxy) is 2. The average Bonchev–Trinajstić information content (AvgIpc) is 3.67. The molecule has 5 fully saturated rings. The molecular formula is C52H77BN6O10. The maximum atomic E-state index is 14.1. The SMILES string of the molecule is CCCCc1ccc(-c2ccc(C(=O)N[C@@H](CCCCNC(=O)OC(C)(C)C)C(=O)N[C@H]3COCCCC[C@@H](C(=O)N[C@@H](C)B4OC5C[C@@H]6C[C@@H](C6(C)C)[C@]5(C)O4)NC(=O)[C@H](C)NC3=O)cc2)cc1. The smallest absolute Gasteiger partial charge is 0.444 e. The number of nitrogens with one attached hydrogen (secondary N) is 6. The average molecular weight is 957 g/mol. The molecule has 6 N–H and O–H groups in total. The Morgan fingerprint density at radius 2 is 1.59 bits per heavy atom. The Balaban J connectivity index is 1.06. The first-order chi connectivity index (χ1) is 32.7. The molecule has 0 aromatic heterocycles. The van der Waals surface area contributed by atoms with Gasteiger partial charge in [0, 0.05) is 18.7 Å². The lowest BCUT2D eigenvalue weighted by Gasteiger charge is -2.64. The number of benzene rings is 2. The second-order valence-corrected chi connectivity index (χ2v) is 21.4. The largest absolute Gasteiger partial charge is 0.481 e. The van der Waals surface area contributed by atoms with Crippen LogP contribution in [0.3, 0.4) is 0 Å². The first-order valence-corrected chi connectivity index (χ1v) is 25.3. The molecule has 9 atom stereocenters. The third-order valence-corrected chi connectivity index (χ3v) is 14.5. The number of aryl methyl sites for hydroxylation is 1. The van der Waals surface area contributed by atoms with Crippen LogP contribution >= 0.6 is 0 Å². The van der Waals surface area contributed by atoms with Gasteiger partial charge in [-0.15, -0.1) is 0 Å². The van der Waals surface area contributed by atoms with Gasteiger partial charge in [-0.1, -0.05) is 63.6 Å². The van der Waals surface area contributed by atoms with Crippen LogP contribution in [0.2, 0.25) is 0 Å². The number of carbonyl (C=O) groups is 6. The van der Waals surface area contributed by atoms with Crippen LogP contribution in [0.1, 0.15) is 142 Å². The first kappa shape index (κ1) is 53.4. The fourth-order valence-electron chi connectivity index (χ4n) is 10.2. The maximum absolute atomic E-state index is 14.1. The van der Waals surface area contributed by atoms with E-state index in [9.17, 15) is 28.8 Å². The van der Waals surface area contributed by atoms with Gasteiger partial charge in [-0.3, -0.25) is 24.0 Å². The molecule has 2 saturated heterocycles. The normalized spacial score (nSPS) is 26.7. The van der Waals surface area contributed by atoms with Crippen molar-refractivity contribution in [1.29, 1.82) is 0 Å². The van der Waals surface area contributed by atoms with Gasteiger partial charge in [-0.05, 0) is 152 Å². The number of rotatable bonds is 16. The highest BCUT2D eigenvalue weighted by molar-refractivity contribution is 6.47. The van der Waals surface area contributed by atoms with Gasteiger partial charge < -0.3 is 50.7 Å². The van der Waals surface area contributed by atoms with Gasteiger partial charge in [0.2, 0.25) is 23.6 Å². The lowest BCUT2D eigenvalue weighted by atomic mass is 9.43. The highest BCUT2D eigenvalue weighted by atomic mass is 16.7. The third kappa shape index (κ3) is 13.9. The van der Waals surface area contributed by atoms with Crippen molar-refractivity contribution in [2.75, 3.05) is 19.8 Å². The molecule has 2 heterocycles. The summed E-state index contributed by atoms with van der Waals surface area (Å²) in [6.07, 6.45) is 7.16. The van der Waals surface area contributed by atoms with E-state index in [-0.39, 0.29) is 43.6 Å². The second kappa shape index (κ2) is 23.3. The predicted octanol–water partition coefficient (Wildman–Crippen LogP) is 5.94. The zero-order chi connectivity index (χ0) is 50.1. The van der Waals surface area contributed by atoms with E-state index < -0.39 is 78.2 Å². The van der Waals surface area contributed by atoms with Crippen molar-refractivity contribution in [3.8, 4) is 11.1 Å². The summed E-state index contributed by atoms with van der Waals surface area (Å²) in [5.41, 5.74) is 2.67. The quantitative estimate of drug-likeness (QED) is 0.0862. The molecule has 2 bridgehead atoms. The van der Waals surface area contributed by atoms with Crippen molar-refractivity contribution in [3.63, 3.8) is 0 Å². The van der Waals surface area contributed by atoms with Crippen LogP contribution in [0.25, 0.3) is 11.1 Å². The standard InChI is InChI=1S/C52H77BN6O10/c1-10-11-16-34-19-21-35(22-20-34)36-23-25-37(26-24-36)45(61)58-40(17-12-14-27-54-49(65)67-50(4,5)6)47(63)59-41-31-66-28-15-13-18-39(57-44(60)32(2)55-48(41)64)46(62)56-33(3)53-68-43-30-38-29-42(51(38,7)8)52(43,9)69-53/h19-26,32-33,38-43H,10-18,27-31H2,1-9H3,(H,54,65)(H,55,64)(H,56,62)(H,57,60)(H,58,61)(H,59,63)/t32-,33-,38-,39-,40-,41-,42-,43?,52-/m0/s1. The minimum absolute atomic E-state index is 0.0429. The van der Waals surface area contributed by atoms with E-state index >= 15 is 0 Å². The van der Waals surface area contributed by atoms with E-state index in [0.717, 1.165) is 43.2 Å². The van der Waals surface area contributed by atoms with E-state index in [2.05, 4.69) is 83.9 Å². The number of unbranched alkanes of at least 4 members (excludes halogenated alkanes) is 2. The third-order valence-electron chi connectivity index (χ3n) is 14.5. The number of carbonyl (C=O) groups excluding carboxylic acids is 6. The fraction of sp³-hybridized carbons (Fsp3) is 0.654. The van der Waals surface area contributed by atoms with Gasteiger partial charge >= 0.3 is 13.2 Å². The van der Waals surface area contributed by atoms with E-state index in [1.165, 1.54) is 12.5 Å². The zero-order valence-corrected chi connectivity index (χ0v) is 42.3. The summed E-state index contributed by atoms with van der Waals surface area (Å²) >= 11 is 0. The summed E-state index contributed by atoms with van der Waals surface area (Å²) in [7, 11) is -0.632. The Labute approximate surface area is 409 Å². The molecule has 3 aliphatic carbocycles. The Kier molecular flexibility index (Phi) is 18.0. The molecule has 5 aliphatic rings. The van der Waals surface area contributed by atoms with Gasteiger partial charge in [0.05, 0.1) is 24.3 Å². The number of amides is 6. The molecule has 2 aliphatic heterocycles. The predicted molar refractivity (Wildman–Crippen MR) is 264 cm³/mol. The Morgan fingerprint density at radius 1 is 0.899 bits per heavy atom. The number of hydrogen-bond donors (Lipinski definition) is 6. The van der Waals surface area contributed by atoms with Gasteiger partial charge in [0.25, 0.3) is 5.91 Å². The summed E-state index contributed by atoms with van der Waals surface area (Å²) in [6, 6.07) is 11.2. The topological polar surface area (TPSA) is 212 Å². The fourth-order valence-corrected chi connectivity index (χ4v) is 10.2. The summed E-state index contributed by atoms with van der Waals surface area (Å²) in [5, 5.41) is 16.9. The minimum atomic E-state index is -1.22. The molecule has 17 heteroatoms. The molecule has 69 heavy (non-hydrogen) atoms. The molecule has 16 nitrogen and oxygen atoms in total. The molecule has 378 valence electrons. The summed E-state index contributed by atoms with van der Waals surface area (Å²) < 4.78 is 24.2. The molecule has 6 amide bonds. The monoisotopic (exact) mass is 957 g/mol. The Morgan fingerprint density at radius 3 is 2.26 bits per heavy atom. The lowest BCUT2D eigenvalue weighted by molar-refractivity contribution is -0.199. The Bertz CT molecular complexity index is 2110. The van der Waals surface area contributed by atoms with Gasteiger partial charge in [-0.2, -0.15) is 0 Å². The highest BCUT2D eigenvalue weighted by Gasteiger charge is 2.68. The van der Waals surface area contributed by atoms with Crippen LogP contribution in [-0.4, -0.2) is 110 Å². The van der Waals surface area contributed by atoms with E-state index in [4.69, 9.17) is 18.8 Å². The number of alkyl carbamates (subject to hydrolysis) is 1. The molecule has 2 aromatic rings. The van der Waals surface area contributed by atoms with Crippen LogP contribution in [0.4, 0.5) is 4.79 Å². The molecule has 2 aromatic carbocycles. The summed E-state index contributed by atoms with van der Waals surface area (Å²) in [6.45, 7) is 17.8. The van der Waals surface area contributed by atoms with E-state index in [1.807, 2.05) is 19.1 Å². The summed E-state index contributed by atoms with van der Waals surface area (Å²) in [4.78, 5) is 81.3. The van der Waals surface area contributed by atoms with Crippen LogP contribution in [0.15, 0.2) is 48.5 Å². The first-order valence-electron chi connectivity index (χ1n) is 25.3. The lowest BCUT2D eigenvalue weighted by Crippen LogP contribution is -2.65. The number of hydrogen-bond acceptors (Lipinski definition) is 10. The molecule has 0 radical (unpaired) electrons. The highest BCUT2D eigenvalue weighted by Crippen LogP contribution is 2.65. The van der Waals surface area contributed by atoms with Gasteiger partial charge in [-0.25, -0.2) is 4.79 Å². The van der Waals surface area contributed by atoms with Crippen molar-refractivity contribution in [2.24, 2.45) is 17.3 Å². The second-order valence-electron chi connectivity index (χ2n) is 21.4. The molecule has 1 unspecified atom stereocenters. The summed E-state index contributed by atoms with van der Waals surface area (Å²) in [5.74, 6) is -2.26. The Hall–Kier alpha value is -5.00. The van der Waals surface area contributed by atoms with Crippen LogP contribution < -0.4 is 31.9 Å². The van der Waals surface area contributed by atoms with Crippen LogP contribution in [0.5, 0.6) is 0 Å². The van der Waals surface area contributed by atoms with Crippen molar-refractivity contribution >= 4 is 42.7 Å². The zero-order valence-electron chi connectivity index (χ0n) is 42.3. The molecular weight excluding hydrogens is 879 g/mol. The minimum Gasteiger partial charge on any atom is -0.444 e. The van der Waals surface area contributed by atoms with Crippen molar-refractivity contribution < 1.29 is 47.5 Å². The molecule has 0 spiro atoms. The maximum Gasteiger partial charge on any atom is 0.481 e. The van der Waals surface area contributed by atoms with Gasteiger partial charge in [0.1, 0.15) is 29.8 Å². The molecule has 3 saturated carbocycles. The van der Waals surface area contributed by atoms with Crippen LogP contribution in [0, 0.1) is 17.3 Å². The van der Waals surface area contributed by atoms with Crippen molar-refractivity contribution in [2.45, 2.75) is 180 Å². The van der Waals surface area contributed by atoms with E-state index in [1.54, 1.807) is 32.9 Å². The van der Waals surface area contributed by atoms with Crippen molar-refractivity contribution in [1.82, 2.24) is 31.9 Å². The molecule has 7 rings (SSSR count). The van der Waals surface area contributed by atoms with Crippen molar-refractivity contribution in [3.05, 3.63) is 59.7 Å². The van der Waals surface area contributed by atoms with E-state index in [0.29, 0.717) is 49.5 Å². The van der Waals surface area contributed by atoms with Crippen LogP contribution in [-0.2, 0) is 44.4 Å². The van der Waals surface area contributed by atoms with Gasteiger partial charge in [0.15, 0.2) is 0 Å².